The Kier molecular flexibility index (Phi) is 61.1. The second-order valence-electron chi connectivity index (χ2n) is 19.5. The van der Waals surface area contributed by atoms with E-state index in [1.54, 1.807) is 0 Å². The van der Waals surface area contributed by atoms with Gasteiger partial charge in [-0.05, 0) is 161 Å². The van der Waals surface area contributed by atoms with Crippen LogP contribution in [0, 0.1) is 0 Å². The molecular formula is C75H110O6. The third kappa shape index (κ3) is 64.4. The molecule has 1 atom stereocenters. The van der Waals surface area contributed by atoms with E-state index < -0.39 is 12.1 Å². The van der Waals surface area contributed by atoms with Gasteiger partial charge >= 0.3 is 17.9 Å². The maximum absolute atomic E-state index is 12.9. The Bertz CT molecular complexity index is 2050. The molecule has 0 spiro atoms. The van der Waals surface area contributed by atoms with Gasteiger partial charge in [0.2, 0.25) is 0 Å². The van der Waals surface area contributed by atoms with E-state index in [9.17, 15) is 14.4 Å². The third-order valence-corrected chi connectivity index (χ3v) is 12.0. The number of carbonyl (C=O) groups excluding carboxylic acids is 3. The molecule has 446 valence electrons. The van der Waals surface area contributed by atoms with Crippen LogP contribution in [0.1, 0.15) is 213 Å². The lowest BCUT2D eigenvalue weighted by molar-refractivity contribution is -0.167. The zero-order valence-electron chi connectivity index (χ0n) is 50.9. The maximum Gasteiger partial charge on any atom is 0.306 e. The molecule has 81 heavy (non-hydrogen) atoms. The lowest BCUT2D eigenvalue weighted by Crippen LogP contribution is -2.30. The first kappa shape index (κ1) is 74.7. The van der Waals surface area contributed by atoms with E-state index >= 15 is 0 Å². The van der Waals surface area contributed by atoms with Gasteiger partial charge in [-0.25, -0.2) is 0 Å². The van der Waals surface area contributed by atoms with Crippen molar-refractivity contribution in [2.45, 2.75) is 219 Å². The lowest BCUT2D eigenvalue weighted by Gasteiger charge is -2.18. The summed E-state index contributed by atoms with van der Waals surface area (Å²) in [6.07, 6.45) is 104. The smallest absolute Gasteiger partial charge is 0.306 e. The van der Waals surface area contributed by atoms with Crippen molar-refractivity contribution in [2.75, 3.05) is 13.2 Å². The number of hydrogen-bond acceptors (Lipinski definition) is 6. The molecule has 6 nitrogen and oxygen atoms in total. The van der Waals surface area contributed by atoms with Gasteiger partial charge in [0.1, 0.15) is 13.2 Å². The van der Waals surface area contributed by atoms with Gasteiger partial charge in [-0.2, -0.15) is 0 Å². The molecule has 0 radical (unpaired) electrons. The van der Waals surface area contributed by atoms with E-state index in [1.807, 2.05) is 0 Å². The molecule has 0 aliphatic rings. The molecule has 0 aromatic carbocycles. The Hall–Kier alpha value is -6.27. The highest BCUT2D eigenvalue weighted by molar-refractivity contribution is 5.71. The fraction of sp³-hybridized carbons (Fsp3) is 0.480. The molecule has 0 amide bonds. The summed E-state index contributed by atoms with van der Waals surface area (Å²) in [7, 11) is 0. The Labute approximate surface area is 495 Å². The first-order valence-electron chi connectivity index (χ1n) is 31.2. The summed E-state index contributed by atoms with van der Waals surface area (Å²) in [5, 5.41) is 0. The molecule has 0 saturated carbocycles. The molecule has 6 heteroatoms. The van der Waals surface area contributed by atoms with Crippen molar-refractivity contribution in [3.05, 3.63) is 219 Å². The Balaban J connectivity index is 4.68. The summed E-state index contributed by atoms with van der Waals surface area (Å²) < 4.78 is 16.8. The Morgan fingerprint density at radius 1 is 0.247 bits per heavy atom. The van der Waals surface area contributed by atoms with Crippen molar-refractivity contribution in [3.63, 3.8) is 0 Å². The number of carbonyl (C=O) groups is 3. The predicted molar refractivity (Wildman–Crippen MR) is 352 cm³/mol. The van der Waals surface area contributed by atoms with E-state index in [1.165, 1.54) is 0 Å². The second kappa shape index (κ2) is 66.2. The highest BCUT2D eigenvalue weighted by Crippen LogP contribution is 2.11. The summed E-state index contributed by atoms with van der Waals surface area (Å²) in [6, 6.07) is 0. The van der Waals surface area contributed by atoms with Gasteiger partial charge < -0.3 is 14.2 Å². The minimum absolute atomic E-state index is 0.146. The maximum atomic E-state index is 12.9. The number of allylic oxidation sites excluding steroid dienone is 36. The first-order chi connectivity index (χ1) is 40.0. The molecule has 0 fully saturated rings. The molecule has 0 aromatic heterocycles. The molecule has 0 aromatic rings. The van der Waals surface area contributed by atoms with Crippen LogP contribution in [0.2, 0.25) is 0 Å². The first-order valence-corrected chi connectivity index (χ1v) is 31.2. The third-order valence-electron chi connectivity index (χ3n) is 12.0. The van der Waals surface area contributed by atoms with Crippen molar-refractivity contribution < 1.29 is 28.6 Å². The van der Waals surface area contributed by atoms with Gasteiger partial charge in [-0.3, -0.25) is 14.4 Å². The second-order valence-corrected chi connectivity index (χ2v) is 19.5. The van der Waals surface area contributed by atoms with Crippen LogP contribution in [-0.4, -0.2) is 37.2 Å². The van der Waals surface area contributed by atoms with Gasteiger partial charge in [0.05, 0.1) is 0 Å². The number of unbranched alkanes of at least 4 members (excludes halogenated alkanes) is 6. The van der Waals surface area contributed by atoms with Gasteiger partial charge in [0, 0.05) is 19.3 Å². The van der Waals surface area contributed by atoms with Gasteiger partial charge in [0.25, 0.3) is 0 Å². The zero-order valence-corrected chi connectivity index (χ0v) is 50.9. The number of ether oxygens (including phenoxy) is 3. The van der Waals surface area contributed by atoms with E-state index in [0.717, 1.165) is 161 Å². The number of esters is 3. The standard InChI is InChI=1S/C75H110O6/c1-4-7-10-13-16-19-22-25-28-31-33-35-37-39-41-44-47-50-53-56-59-62-65-68-74(77)80-71-72(70-79-73(76)67-64-61-58-55-52-49-46-43-30-27-24-21-18-15-12-9-6-3)81-75(78)69-66-63-60-57-54-51-48-45-42-40-38-36-34-32-29-26-23-20-17-14-11-8-5-2/h7-12,16-21,25-30,33-36,39-42,46-51,56-57,59-60,72H,4-6,13-15,22-24,31-32,37-38,43-45,52-55,58,61-71H2,1-3H3/b10-7-,11-8-,12-9-,19-16-,20-17-,21-18-,28-25-,29-26-,30-27-,35-33-,36-34-,41-39-,42-40-,49-46-,50-47-,51-48-,59-56-,60-57-. The molecule has 0 aliphatic carbocycles. The van der Waals surface area contributed by atoms with E-state index in [0.29, 0.717) is 19.3 Å². The van der Waals surface area contributed by atoms with Crippen LogP contribution < -0.4 is 0 Å². The van der Waals surface area contributed by atoms with E-state index in [-0.39, 0.29) is 38.0 Å². The SMILES string of the molecule is CC/C=C\C/C=C\C/C=C\C/C=C\C/C=C\C/C=C\C/C=C\CCCC(=O)OCC(COC(=O)CCCCCC/C=C\C/C=C\C/C=C\C/C=C\CC)OC(=O)CCC/C=C\C/C=C\C/C=C\C/C=C\C/C=C\C/C=C\C/C=C\CC. The minimum Gasteiger partial charge on any atom is -0.462 e. The largest absolute Gasteiger partial charge is 0.462 e. The molecule has 0 rings (SSSR count). The Morgan fingerprint density at radius 3 is 0.728 bits per heavy atom. The van der Waals surface area contributed by atoms with Crippen molar-refractivity contribution in [1.82, 2.24) is 0 Å². The van der Waals surface area contributed by atoms with Crippen molar-refractivity contribution >= 4 is 17.9 Å². The molecule has 0 bridgehead atoms. The van der Waals surface area contributed by atoms with Crippen molar-refractivity contribution in [2.24, 2.45) is 0 Å². The lowest BCUT2D eigenvalue weighted by atomic mass is 10.1. The minimum atomic E-state index is -0.860. The van der Waals surface area contributed by atoms with Crippen LogP contribution in [0.25, 0.3) is 0 Å². The number of hydrogen-bond donors (Lipinski definition) is 0. The fourth-order valence-corrected chi connectivity index (χ4v) is 7.41. The van der Waals surface area contributed by atoms with Crippen LogP contribution >= 0.6 is 0 Å². The molecular weight excluding hydrogens is 997 g/mol. The van der Waals surface area contributed by atoms with Gasteiger partial charge in [-0.15, -0.1) is 0 Å². The molecule has 0 saturated heterocycles. The zero-order chi connectivity index (χ0) is 58.5. The highest BCUT2D eigenvalue weighted by Gasteiger charge is 2.19. The number of rotatable bonds is 53. The van der Waals surface area contributed by atoms with Crippen LogP contribution in [0.4, 0.5) is 0 Å². The quantitative estimate of drug-likeness (QED) is 0.0261. The summed E-state index contributed by atoms with van der Waals surface area (Å²) in [4.78, 5) is 38.3. The topological polar surface area (TPSA) is 78.9 Å². The summed E-state index contributed by atoms with van der Waals surface area (Å²) in [5.74, 6) is -1.10. The van der Waals surface area contributed by atoms with Gasteiger partial charge in [-0.1, -0.05) is 252 Å². The van der Waals surface area contributed by atoms with Crippen LogP contribution in [0.5, 0.6) is 0 Å². The average molecular weight is 1110 g/mol. The average Bonchev–Trinajstić information content (AvgIpc) is 3.47. The van der Waals surface area contributed by atoms with E-state index in [4.69, 9.17) is 14.2 Å². The molecule has 0 N–H and O–H groups in total. The summed E-state index contributed by atoms with van der Waals surface area (Å²) in [6.45, 7) is 6.15. The normalized spacial score (nSPS) is 13.7. The van der Waals surface area contributed by atoms with E-state index in [2.05, 4.69) is 240 Å². The fourth-order valence-electron chi connectivity index (χ4n) is 7.41. The highest BCUT2D eigenvalue weighted by atomic mass is 16.6. The van der Waals surface area contributed by atoms with Gasteiger partial charge in [0.15, 0.2) is 6.10 Å². The van der Waals surface area contributed by atoms with Crippen LogP contribution in [0.15, 0.2) is 219 Å². The Morgan fingerprint density at radius 2 is 0.457 bits per heavy atom. The van der Waals surface area contributed by atoms with Crippen molar-refractivity contribution in [3.8, 4) is 0 Å². The van der Waals surface area contributed by atoms with Crippen LogP contribution in [-0.2, 0) is 28.6 Å². The monoisotopic (exact) mass is 1110 g/mol. The van der Waals surface area contributed by atoms with Crippen molar-refractivity contribution in [1.29, 1.82) is 0 Å². The summed E-state index contributed by atoms with van der Waals surface area (Å²) in [5.41, 5.74) is 0. The molecule has 0 heterocycles. The summed E-state index contributed by atoms with van der Waals surface area (Å²) >= 11 is 0. The molecule has 1 unspecified atom stereocenters. The predicted octanol–water partition coefficient (Wildman–Crippen LogP) is 21.8. The molecule has 0 aliphatic heterocycles. The van der Waals surface area contributed by atoms with Crippen LogP contribution in [0.3, 0.4) is 0 Å².